The first-order valence-electron chi connectivity index (χ1n) is 6.12. The van der Waals surface area contributed by atoms with Crippen LogP contribution in [0.4, 0.5) is 4.39 Å². The van der Waals surface area contributed by atoms with Gasteiger partial charge in [-0.2, -0.15) is 0 Å². The van der Waals surface area contributed by atoms with Gasteiger partial charge in [-0.15, -0.1) is 0 Å². The van der Waals surface area contributed by atoms with Crippen LogP contribution in [0.2, 0.25) is 0 Å². The van der Waals surface area contributed by atoms with E-state index in [0.717, 1.165) is 12.0 Å². The summed E-state index contributed by atoms with van der Waals surface area (Å²) in [5, 5.41) is 3.24. The van der Waals surface area contributed by atoms with E-state index in [1.54, 1.807) is 13.0 Å². The molecule has 0 bridgehead atoms. The van der Waals surface area contributed by atoms with E-state index in [1.165, 1.54) is 6.07 Å². The zero-order chi connectivity index (χ0) is 13.2. The molecule has 18 heavy (non-hydrogen) atoms. The average Bonchev–Trinajstić information content (AvgIpc) is 2.63. The van der Waals surface area contributed by atoms with Gasteiger partial charge in [-0.05, 0) is 43.0 Å². The molecule has 1 atom stereocenters. The van der Waals surface area contributed by atoms with Crippen LogP contribution >= 0.6 is 0 Å². The third kappa shape index (κ3) is 3.53. The fraction of sp³-hybridized carbons (Fsp3) is 0.538. The first kappa shape index (κ1) is 13.5. The topological polar surface area (TPSA) is 46.2 Å². The number of halogens is 1. The minimum atomic E-state index is -2.79. The molecule has 1 fully saturated rings. The van der Waals surface area contributed by atoms with Gasteiger partial charge in [0.1, 0.15) is 5.82 Å². The maximum Gasteiger partial charge on any atom is 0.150 e. The molecule has 5 heteroatoms. The van der Waals surface area contributed by atoms with Crippen molar-refractivity contribution in [3.63, 3.8) is 0 Å². The number of hydrogen-bond acceptors (Lipinski definition) is 3. The maximum atomic E-state index is 13.1. The van der Waals surface area contributed by atoms with Crippen molar-refractivity contribution < 1.29 is 12.8 Å². The summed E-state index contributed by atoms with van der Waals surface area (Å²) < 4.78 is 35.6. The molecule has 1 saturated heterocycles. The minimum absolute atomic E-state index is 0.194. The largest absolute Gasteiger partial charge is 0.312 e. The van der Waals surface area contributed by atoms with Gasteiger partial charge in [-0.3, -0.25) is 0 Å². The summed E-state index contributed by atoms with van der Waals surface area (Å²) in [7, 11) is -2.79. The number of rotatable bonds is 4. The van der Waals surface area contributed by atoms with Crippen molar-refractivity contribution in [3.8, 4) is 0 Å². The quantitative estimate of drug-likeness (QED) is 0.906. The standard InChI is InChI=1S/C13H18FNO2S/c1-10-6-11(2-3-13(10)14)7-15-8-12-4-5-18(16,17)9-12/h2-3,6,12,15H,4-5,7-9H2,1H3. The molecule has 0 spiro atoms. The van der Waals surface area contributed by atoms with Crippen LogP contribution in [-0.4, -0.2) is 26.5 Å². The van der Waals surface area contributed by atoms with E-state index in [-0.39, 0.29) is 11.7 Å². The molecule has 3 nitrogen and oxygen atoms in total. The molecule has 2 rings (SSSR count). The van der Waals surface area contributed by atoms with Gasteiger partial charge in [0, 0.05) is 6.54 Å². The van der Waals surface area contributed by atoms with Crippen LogP contribution in [0.3, 0.4) is 0 Å². The van der Waals surface area contributed by atoms with Crippen molar-refractivity contribution in [1.82, 2.24) is 5.32 Å². The summed E-state index contributed by atoms with van der Waals surface area (Å²) >= 11 is 0. The minimum Gasteiger partial charge on any atom is -0.312 e. The highest BCUT2D eigenvalue weighted by Crippen LogP contribution is 2.17. The van der Waals surface area contributed by atoms with E-state index in [4.69, 9.17) is 0 Å². The molecule has 1 unspecified atom stereocenters. The van der Waals surface area contributed by atoms with Crippen LogP contribution < -0.4 is 5.32 Å². The highest BCUT2D eigenvalue weighted by molar-refractivity contribution is 7.91. The fourth-order valence-electron chi connectivity index (χ4n) is 2.27. The number of hydrogen-bond donors (Lipinski definition) is 1. The zero-order valence-corrected chi connectivity index (χ0v) is 11.3. The van der Waals surface area contributed by atoms with Crippen molar-refractivity contribution >= 4 is 9.84 Å². The Balaban J connectivity index is 1.80. The summed E-state index contributed by atoms with van der Waals surface area (Å²) in [6, 6.07) is 5.03. The van der Waals surface area contributed by atoms with Gasteiger partial charge in [-0.25, -0.2) is 12.8 Å². The Morgan fingerprint density at radius 2 is 2.22 bits per heavy atom. The van der Waals surface area contributed by atoms with Gasteiger partial charge in [0.15, 0.2) is 9.84 Å². The molecule has 1 aliphatic heterocycles. The number of nitrogens with one attached hydrogen (secondary N) is 1. The molecule has 0 radical (unpaired) electrons. The van der Waals surface area contributed by atoms with E-state index in [9.17, 15) is 12.8 Å². The summed E-state index contributed by atoms with van der Waals surface area (Å²) in [6.45, 7) is 3.09. The van der Waals surface area contributed by atoms with Gasteiger partial charge >= 0.3 is 0 Å². The molecule has 1 N–H and O–H groups in total. The Bertz CT molecular complexity index is 528. The summed E-state index contributed by atoms with van der Waals surface area (Å²) in [5.74, 6) is 0.634. The van der Waals surface area contributed by atoms with Crippen LogP contribution in [0.1, 0.15) is 17.5 Å². The first-order valence-corrected chi connectivity index (χ1v) is 7.94. The van der Waals surface area contributed by atoms with Crippen molar-refractivity contribution in [2.75, 3.05) is 18.1 Å². The lowest BCUT2D eigenvalue weighted by Gasteiger charge is -2.10. The van der Waals surface area contributed by atoms with E-state index in [0.29, 0.717) is 30.2 Å². The molecule has 0 aliphatic carbocycles. The van der Waals surface area contributed by atoms with E-state index in [2.05, 4.69) is 5.32 Å². The molecule has 100 valence electrons. The Morgan fingerprint density at radius 3 is 2.83 bits per heavy atom. The maximum absolute atomic E-state index is 13.1. The molecular weight excluding hydrogens is 253 g/mol. The third-order valence-electron chi connectivity index (χ3n) is 3.31. The van der Waals surface area contributed by atoms with Crippen LogP contribution in [-0.2, 0) is 16.4 Å². The van der Waals surface area contributed by atoms with Crippen molar-refractivity contribution in [2.24, 2.45) is 5.92 Å². The van der Waals surface area contributed by atoms with Gasteiger partial charge in [0.05, 0.1) is 11.5 Å². The molecule has 1 heterocycles. The highest BCUT2D eigenvalue weighted by Gasteiger charge is 2.27. The number of benzene rings is 1. The van der Waals surface area contributed by atoms with Gasteiger partial charge in [0.2, 0.25) is 0 Å². The summed E-state index contributed by atoms with van der Waals surface area (Å²) in [5.41, 5.74) is 1.66. The predicted octanol–water partition coefficient (Wildman–Crippen LogP) is 1.66. The summed E-state index contributed by atoms with van der Waals surface area (Å²) in [6.07, 6.45) is 0.748. The van der Waals surface area contributed by atoms with E-state index < -0.39 is 9.84 Å². The van der Waals surface area contributed by atoms with Crippen molar-refractivity contribution in [1.29, 1.82) is 0 Å². The fourth-order valence-corrected chi connectivity index (χ4v) is 4.13. The lowest BCUT2D eigenvalue weighted by molar-refractivity contribution is 0.520. The Hall–Kier alpha value is -0.940. The zero-order valence-electron chi connectivity index (χ0n) is 10.4. The second kappa shape index (κ2) is 5.36. The van der Waals surface area contributed by atoms with Crippen LogP contribution in [0.5, 0.6) is 0 Å². The second-order valence-corrected chi connectivity index (χ2v) is 7.21. The Labute approximate surface area is 107 Å². The van der Waals surface area contributed by atoms with Crippen molar-refractivity contribution in [2.45, 2.75) is 19.9 Å². The molecular formula is C13H18FNO2S. The number of sulfone groups is 1. The molecule has 1 aromatic rings. The van der Waals surface area contributed by atoms with Crippen molar-refractivity contribution in [3.05, 3.63) is 35.1 Å². The van der Waals surface area contributed by atoms with Gasteiger partial charge in [0.25, 0.3) is 0 Å². The smallest absolute Gasteiger partial charge is 0.150 e. The highest BCUT2D eigenvalue weighted by atomic mass is 32.2. The molecule has 1 aromatic carbocycles. The van der Waals surface area contributed by atoms with Crippen LogP contribution in [0, 0.1) is 18.7 Å². The Morgan fingerprint density at radius 1 is 1.44 bits per heavy atom. The molecule has 0 aromatic heterocycles. The third-order valence-corrected chi connectivity index (χ3v) is 5.15. The SMILES string of the molecule is Cc1cc(CNCC2CCS(=O)(=O)C2)ccc1F. The molecule has 0 amide bonds. The average molecular weight is 271 g/mol. The predicted molar refractivity (Wildman–Crippen MR) is 69.6 cm³/mol. The van der Waals surface area contributed by atoms with E-state index >= 15 is 0 Å². The van der Waals surface area contributed by atoms with Crippen LogP contribution in [0.25, 0.3) is 0 Å². The summed E-state index contributed by atoms with van der Waals surface area (Å²) in [4.78, 5) is 0. The lowest BCUT2D eigenvalue weighted by Crippen LogP contribution is -2.23. The molecule has 0 saturated carbocycles. The lowest BCUT2D eigenvalue weighted by atomic mass is 10.1. The first-order chi connectivity index (χ1) is 8.46. The number of aryl methyl sites for hydroxylation is 1. The molecule has 1 aliphatic rings. The van der Waals surface area contributed by atoms with Crippen LogP contribution in [0.15, 0.2) is 18.2 Å². The Kier molecular flexibility index (Phi) is 4.02. The van der Waals surface area contributed by atoms with Gasteiger partial charge in [-0.1, -0.05) is 12.1 Å². The second-order valence-electron chi connectivity index (χ2n) is 4.98. The van der Waals surface area contributed by atoms with Gasteiger partial charge < -0.3 is 5.32 Å². The van der Waals surface area contributed by atoms with E-state index in [1.807, 2.05) is 6.07 Å². The normalized spacial score (nSPS) is 22.2. The monoisotopic (exact) mass is 271 g/mol.